The van der Waals surface area contributed by atoms with Crippen molar-refractivity contribution < 1.29 is 34.3 Å². The molecule has 5 unspecified atom stereocenters. The average Bonchev–Trinajstić information content (AvgIpc) is 3.27. The summed E-state index contributed by atoms with van der Waals surface area (Å²) >= 11 is 0. The molecule has 0 radical (unpaired) electrons. The first-order chi connectivity index (χ1) is 20.0. The number of phenolic OH excluding ortho intramolecular Hbond substituents is 1. The van der Waals surface area contributed by atoms with Crippen molar-refractivity contribution in [2.45, 2.75) is 83.8 Å². The Hall–Kier alpha value is -3.47. The second-order valence-electron chi connectivity index (χ2n) is 12.9. The summed E-state index contributed by atoms with van der Waals surface area (Å²) in [5.41, 5.74) is 2.25. The van der Waals surface area contributed by atoms with E-state index in [1.807, 2.05) is 0 Å². The van der Waals surface area contributed by atoms with Crippen LogP contribution < -0.4 is 5.32 Å². The zero-order valence-corrected chi connectivity index (χ0v) is 24.5. The Bertz CT molecular complexity index is 1310. The largest absolute Gasteiger partial charge is 0.502 e. The molecular weight excluding hydrogens is 542 g/mol. The molecule has 11 heteroatoms. The molecule has 228 valence electrons. The standard InChI is InChI=1S/C31H41N3O8/c1-30-12-10-20(16-19(30)5-6-21-22-7-9-27(36)31(22,2)13-11-23(21)30)33-42-17-28(37)32-24(29(38)41-3)14-18-4-8-26(35)25(15-18)34(39)40/h4,8,15-16,21-24,27,35-36H,5-7,9-14,17H2,1-3H3,(H,32,37)/b33-20-/t21?,22?,23?,24?,27?,30-,31-/m0/s1. The highest BCUT2D eigenvalue weighted by molar-refractivity contribution is 5.96. The number of nitro benzene ring substituents is 1. The van der Waals surface area contributed by atoms with E-state index in [0.717, 1.165) is 63.1 Å². The van der Waals surface area contributed by atoms with Crippen LogP contribution in [0, 0.1) is 38.7 Å². The van der Waals surface area contributed by atoms with Crippen LogP contribution in [0.2, 0.25) is 0 Å². The highest BCUT2D eigenvalue weighted by Gasteiger charge is 2.58. The first-order valence-electron chi connectivity index (χ1n) is 14.9. The quantitative estimate of drug-likeness (QED) is 0.233. The molecule has 11 nitrogen and oxygen atoms in total. The zero-order valence-electron chi connectivity index (χ0n) is 24.5. The molecule has 0 heterocycles. The van der Waals surface area contributed by atoms with Crippen molar-refractivity contribution in [1.82, 2.24) is 5.32 Å². The van der Waals surface area contributed by atoms with Crippen LogP contribution in [0.15, 0.2) is 35.0 Å². The number of hydrogen-bond acceptors (Lipinski definition) is 9. The van der Waals surface area contributed by atoms with Crippen molar-refractivity contribution in [2.75, 3.05) is 13.7 Å². The Kier molecular flexibility index (Phi) is 8.33. The second-order valence-corrected chi connectivity index (χ2v) is 12.9. The molecule has 1 aromatic carbocycles. The lowest BCUT2D eigenvalue weighted by molar-refractivity contribution is -0.385. The number of aliphatic hydroxyl groups excluding tert-OH is 1. The molecule has 0 aliphatic heterocycles. The van der Waals surface area contributed by atoms with Crippen LogP contribution >= 0.6 is 0 Å². The van der Waals surface area contributed by atoms with E-state index in [2.05, 4.69) is 30.4 Å². The summed E-state index contributed by atoms with van der Waals surface area (Å²) in [6, 6.07) is 2.66. The van der Waals surface area contributed by atoms with Gasteiger partial charge in [0.1, 0.15) is 6.04 Å². The smallest absolute Gasteiger partial charge is 0.328 e. The van der Waals surface area contributed by atoms with Gasteiger partial charge in [-0.05, 0) is 97.7 Å². The van der Waals surface area contributed by atoms with E-state index < -0.39 is 40.9 Å². The number of rotatable bonds is 8. The number of nitrogens with zero attached hydrogens (tertiary/aromatic N) is 2. The van der Waals surface area contributed by atoms with Gasteiger partial charge in [0.15, 0.2) is 12.4 Å². The SMILES string of the molecule is COC(=O)C(Cc1ccc(O)c([N+](=O)[O-])c1)NC(=O)CO/N=C1\C=C2CCC3C4CCC(O)[C@@]4(C)CCC3[C@@]2(C)CC1. The van der Waals surface area contributed by atoms with Crippen LogP contribution in [0.3, 0.4) is 0 Å². The molecule has 1 amide bonds. The Morgan fingerprint density at radius 3 is 2.69 bits per heavy atom. The predicted molar refractivity (Wildman–Crippen MR) is 154 cm³/mol. The maximum absolute atomic E-state index is 12.6. The van der Waals surface area contributed by atoms with Crippen LogP contribution in [0.4, 0.5) is 5.69 Å². The number of hydrogen-bond donors (Lipinski definition) is 3. The third-order valence-corrected chi connectivity index (χ3v) is 10.8. The van der Waals surface area contributed by atoms with Gasteiger partial charge >= 0.3 is 11.7 Å². The number of methoxy groups -OCH3 is 1. The number of aliphatic hydroxyl groups is 1. The number of aromatic hydroxyl groups is 1. The second kappa shape index (κ2) is 11.7. The number of oxime groups is 1. The van der Waals surface area contributed by atoms with Crippen LogP contribution in [0.25, 0.3) is 0 Å². The molecule has 4 aliphatic carbocycles. The minimum Gasteiger partial charge on any atom is -0.502 e. The summed E-state index contributed by atoms with van der Waals surface area (Å²) in [7, 11) is 1.18. The normalized spacial score (nSPS) is 33.4. The maximum Gasteiger partial charge on any atom is 0.328 e. The molecule has 3 N–H and O–H groups in total. The fraction of sp³-hybridized carbons (Fsp3) is 0.645. The molecule has 7 atom stereocenters. The fourth-order valence-corrected chi connectivity index (χ4v) is 8.44. The number of amides is 1. The van der Waals surface area contributed by atoms with Crippen molar-refractivity contribution in [2.24, 2.45) is 33.7 Å². The van der Waals surface area contributed by atoms with Gasteiger partial charge in [-0.2, -0.15) is 0 Å². The number of carbonyl (C=O) groups is 2. The number of fused-ring (bicyclic) bond motifs is 5. The van der Waals surface area contributed by atoms with E-state index in [-0.39, 0.29) is 23.4 Å². The summed E-state index contributed by atoms with van der Waals surface area (Å²) in [6.07, 6.45) is 10.0. The Morgan fingerprint density at radius 2 is 1.95 bits per heavy atom. The minimum atomic E-state index is -1.10. The lowest BCUT2D eigenvalue weighted by Gasteiger charge is -2.57. The molecule has 0 saturated heterocycles. The van der Waals surface area contributed by atoms with Crippen LogP contribution in [-0.2, 0) is 25.6 Å². The Labute approximate surface area is 245 Å². The number of nitro groups is 1. The minimum absolute atomic E-state index is 0.0589. The molecule has 0 aromatic heterocycles. The molecule has 0 spiro atoms. The predicted octanol–water partition coefficient (Wildman–Crippen LogP) is 4.20. The van der Waals surface area contributed by atoms with Gasteiger partial charge in [-0.3, -0.25) is 14.9 Å². The fourth-order valence-electron chi connectivity index (χ4n) is 8.44. The number of carbonyl (C=O) groups excluding carboxylic acids is 2. The lowest BCUT2D eigenvalue weighted by atomic mass is 9.47. The third-order valence-electron chi connectivity index (χ3n) is 10.8. The highest BCUT2D eigenvalue weighted by atomic mass is 16.6. The molecule has 5 rings (SSSR count). The molecule has 0 bridgehead atoms. The molecule has 1 aromatic rings. The first kappa shape index (κ1) is 30.0. The number of allylic oxidation sites excluding steroid dienone is 2. The molecule has 3 saturated carbocycles. The first-order valence-corrected chi connectivity index (χ1v) is 14.9. The van der Waals surface area contributed by atoms with Crippen LogP contribution in [-0.4, -0.2) is 58.6 Å². The van der Waals surface area contributed by atoms with Gasteiger partial charge in [0.25, 0.3) is 5.91 Å². The van der Waals surface area contributed by atoms with Gasteiger partial charge in [-0.25, -0.2) is 4.79 Å². The number of esters is 1. The summed E-state index contributed by atoms with van der Waals surface area (Å²) in [6.45, 7) is 4.29. The van der Waals surface area contributed by atoms with Gasteiger partial charge in [0.2, 0.25) is 0 Å². The van der Waals surface area contributed by atoms with Gasteiger partial charge in [0, 0.05) is 12.5 Å². The summed E-state index contributed by atoms with van der Waals surface area (Å²) in [5, 5.41) is 38.3. The van der Waals surface area contributed by atoms with Gasteiger partial charge in [-0.1, -0.05) is 30.6 Å². The van der Waals surface area contributed by atoms with Gasteiger partial charge in [0.05, 0.1) is 23.8 Å². The number of benzene rings is 1. The highest BCUT2D eigenvalue weighted by Crippen LogP contribution is 2.65. The van der Waals surface area contributed by atoms with E-state index >= 15 is 0 Å². The van der Waals surface area contributed by atoms with Crippen LogP contribution in [0.5, 0.6) is 5.75 Å². The van der Waals surface area contributed by atoms with Crippen LogP contribution in [0.1, 0.15) is 70.8 Å². The number of ether oxygens (including phenoxy) is 1. The zero-order chi connectivity index (χ0) is 30.2. The van der Waals surface area contributed by atoms with E-state index in [1.165, 1.54) is 24.8 Å². The summed E-state index contributed by atoms with van der Waals surface area (Å²) in [4.78, 5) is 40.7. The molecule has 4 aliphatic rings. The summed E-state index contributed by atoms with van der Waals surface area (Å²) < 4.78 is 4.79. The third kappa shape index (κ3) is 5.50. The maximum atomic E-state index is 12.6. The van der Waals surface area contributed by atoms with Crippen molar-refractivity contribution in [3.63, 3.8) is 0 Å². The monoisotopic (exact) mass is 583 g/mol. The van der Waals surface area contributed by atoms with E-state index in [0.29, 0.717) is 23.3 Å². The van der Waals surface area contributed by atoms with E-state index in [4.69, 9.17) is 9.57 Å². The molecule has 42 heavy (non-hydrogen) atoms. The molecule has 3 fully saturated rings. The van der Waals surface area contributed by atoms with Crippen molar-refractivity contribution in [3.05, 3.63) is 45.5 Å². The molecular formula is C31H41N3O8. The number of nitrogens with one attached hydrogen (secondary N) is 1. The summed E-state index contributed by atoms with van der Waals surface area (Å²) in [5.74, 6) is 0.0699. The number of phenols is 1. The van der Waals surface area contributed by atoms with E-state index in [9.17, 15) is 29.9 Å². The topological polar surface area (TPSA) is 161 Å². The van der Waals surface area contributed by atoms with Crippen molar-refractivity contribution in [1.29, 1.82) is 0 Å². The van der Waals surface area contributed by atoms with E-state index in [1.54, 1.807) is 0 Å². The van der Waals surface area contributed by atoms with Crippen molar-refractivity contribution in [3.8, 4) is 5.75 Å². The average molecular weight is 584 g/mol. The lowest BCUT2D eigenvalue weighted by Crippen LogP contribution is -2.51. The van der Waals surface area contributed by atoms with Gasteiger partial charge in [-0.15, -0.1) is 0 Å². The van der Waals surface area contributed by atoms with Gasteiger partial charge < -0.3 is 25.1 Å². The Balaban J connectivity index is 1.19. The van der Waals surface area contributed by atoms with Crippen molar-refractivity contribution >= 4 is 23.3 Å². The Morgan fingerprint density at radius 1 is 1.17 bits per heavy atom.